The molecule has 0 saturated carbocycles. The van der Waals surface area contributed by atoms with Gasteiger partial charge in [-0.15, -0.1) is 0 Å². The number of halogens is 3. The van der Waals surface area contributed by atoms with Crippen LogP contribution in [0.3, 0.4) is 0 Å². The minimum absolute atomic E-state index is 0.0477. The van der Waals surface area contributed by atoms with Gasteiger partial charge in [-0.1, -0.05) is 32.9 Å². The van der Waals surface area contributed by atoms with Gasteiger partial charge >= 0.3 is 6.18 Å². The lowest BCUT2D eigenvalue weighted by Crippen LogP contribution is -2.29. The highest BCUT2D eigenvalue weighted by atomic mass is 19.4. The highest BCUT2D eigenvalue weighted by Crippen LogP contribution is 2.29. The van der Waals surface area contributed by atoms with E-state index in [9.17, 15) is 13.2 Å². The van der Waals surface area contributed by atoms with Crippen molar-refractivity contribution in [3.8, 4) is 0 Å². The second kappa shape index (κ2) is 5.31. The average molecular weight is 259 g/mol. The van der Waals surface area contributed by atoms with E-state index in [0.717, 1.165) is 24.2 Å². The Hall–Kier alpha value is -1.03. The molecule has 0 saturated heterocycles. The van der Waals surface area contributed by atoms with Crippen molar-refractivity contribution < 1.29 is 13.2 Å². The Labute approximate surface area is 106 Å². The van der Waals surface area contributed by atoms with E-state index >= 15 is 0 Å². The van der Waals surface area contributed by atoms with Crippen molar-refractivity contribution in [2.24, 2.45) is 5.41 Å². The van der Waals surface area contributed by atoms with Crippen LogP contribution in [0.4, 0.5) is 13.2 Å². The molecule has 0 fully saturated rings. The number of nitrogens with one attached hydrogen (secondary N) is 1. The summed E-state index contributed by atoms with van der Waals surface area (Å²) in [5.41, 5.74) is 0.418. The lowest BCUT2D eigenvalue weighted by molar-refractivity contribution is -0.137. The maximum absolute atomic E-state index is 12.4. The molecule has 0 aromatic heterocycles. The van der Waals surface area contributed by atoms with Crippen molar-refractivity contribution in [3.05, 3.63) is 35.4 Å². The molecular formula is C14H20F3N. The lowest BCUT2D eigenvalue weighted by Gasteiger charge is -2.23. The van der Waals surface area contributed by atoms with Crippen LogP contribution in [0.2, 0.25) is 0 Å². The second-order valence-corrected chi connectivity index (χ2v) is 5.78. The third kappa shape index (κ3) is 4.69. The van der Waals surface area contributed by atoms with Crippen LogP contribution in [-0.4, -0.2) is 6.54 Å². The van der Waals surface area contributed by atoms with Crippen molar-refractivity contribution >= 4 is 0 Å². The first-order valence-corrected chi connectivity index (χ1v) is 6.00. The van der Waals surface area contributed by atoms with E-state index in [2.05, 4.69) is 26.1 Å². The van der Waals surface area contributed by atoms with Crippen LogP contribution in [0.1, 0.15) is 44.9 Å². The van der Waals surface area contributed by atoms with E-state index in [1.165, 1.54) is 12.1 Å². The molecule has 1 atom stereocenters. The first-order chi connectivity index (χ1) is 8.09. The summed E-state index contributed by atoms with van der Waals surface area (Å²) in [7, 11) is 0. The summed E-state index contributed by atoms with van der Waals surface area (Å²) in [6.07, 6.45) is -4.26. The standard InChI is InChI=1S/C14H20F3N/c1-10(18-9-13(2,3)4)11-5-7-12(8-6-11)14(15,16)17/h5-8,10,18H,9H2,1-4H3. The van der Waals surface area contributed by atoms with E-state index in [1.54, 1.807) is 0 Å². The van der Waals surface area contributed by atoms with Gasteiger partial charge in [0.15, 0.2) is 0 Å². The van der Waals surface area contributed by atoms with Gasteiger partial charge in [0, 0.05) is 12.6 Å². The van der Waals surface area contributed by atoms with Gasteiger partial charge < -0.3 is 5.32 Å². The average Bonchev–Trinajstić information content (AvgIpc) is 2.24. The molecule has 1 nitrogen and oxygen atoms in total. The van der Waals surface area contributed by atoms with Gasteiger partial charge in [-0.25, -0.2) is 0 Å². The minimum Gasteiger partial charge on any atom is -0.310 e. The largest absolute Gasteiger partial charge is 0.416 e. The molecule has 0 aliphatic carbocycles. The van der Waals surface area contributed by atoms with Crippen LogP contribution in [0.25, 0.3) is 0 Å². The van der Waals surface area contributed by atoms with E-state index in [1.807, 2.05) is 6.92 Å². The maximum atomic E-state index is 12.4. The molecule has 0 heterocycles. The normalized spacial score (nSPS) is 14.6. The van der Waals surface area contributed by atoms with Gasteiger partial charge in [0.25, 0.3) is 0 Å². The molecule has 0 spiro atoms. The molecule has 1 N–H and O–H groups in total. The molecule has 18 heavy (non-hydrogen) atoms. The van der Waals surface area contributed by atoms with Crippen molar-refractivity contribution in [3.63, 3.8) is 0 Å². The molecule has 1 unspecified atom stereocenters. The SMILES string of the molecule is CC(NCC(C)(C)C)c1ccc(C(F)(F)F)cc1. The van der Waals surface area contributed by atoms with Crippen LogP contribution in [0, 0.1) is 5.41 Å². The van der Waals surface area contributed by atoms with Crippen molar-refractivity contribution in [2.75, 3.05) is 6.54 Å². The smallest absolute Gasteiger partial charge is 0.310 e. The number of hydrogen-bond acceptors (Lipinski definition) is 1. The predicted molar refractivity (Wildman–Crippen MR) is 67.3 cm³/mol. The summed E-state index contributed by atoms with van der Waals surface area (Å²) in [5.74, 6) is 0. The zero-order valence-corrected chi connectivity index (χ0v) is 11.2. The summed E-state index contributed by atoms with van der Waals surface area (Å²) in [6, 6.07) is 5.37. The first kappa shape index (κ1) is 15.0. The molecule has 102 valence electrons. The fraction of sp³-hybridized carbons (Fsp3) is 0.571. The quantitative estimate of drug-likeness (QED) is 0.848. The molecule has 1 aromatic carbocycles. The third-order valence-electron chi connectivity index (χ3n) is 2.68. The summed E-state index contributed by atoms with van der Waals surface area (Å²) >= 11 is 0. The fourth-order valence-corrected chi connectivity index (χ4v) is 1.54. The molecule has 0 aliphatic heterocycles. The number of rotatable bonds is 3. The predicted octanol–water partition coefficient (Wildman–Crippen LogP) is 4.40. The molecule has 0 aliphatic rings. The summed E-state index contributed by atoms with van der Waals surface area (Å²) in [5, 5.41) is 3.32. The van der Waals surface area contributed by atoms with Crippen molar-refractivity contribution in [1.29, 1.82) is 0 Å². The van der Waals surface area contributed by atoms with E-state index in [4.69, 9.17) is 0 Å². The Balaban J connectivity index is 2.68. The van der Waals surface area contributed by atoms with Crippen molar-refractivity contribution in [2.45, 2.75) is 39.9 Å². The maximum Gasteiger partial charge on any atom is 0.416 e. The number of alkyl halides is 3. The second-order valence-electron chi connectivity index (χ2n) is 5.78. The Bertz CT molecular complexity index is 374. The van der Waals surface area contributed by atoms with Gasteiger partial charge in [-0.05, 0) is 30.0 Å². The summed E-state index contributed by atoms with van der Waals surface area (Å²) in [6.45, 7) is 9.10. The highest BCUT2D eigenvalue weighted by molar-refractivity contribution is 5.26. The molecule has 0 amide bonds. The Morgan fingerprint density at radius 1 is 1.06 bits per heavy atom. The van der Waals surface area contributed by atoms with Gasteiger partial charge in [0.05, 0.1) is 5.56 Å². The number of hydrogen-bond donors (Lipinski definition) is 1. The third-order valence-corrected chi connectivity index (χ3v) is 2.68. The highest BCUT2D eigenvalue weighted by Gasteiger charge is 2.30. The summed E-state index contributed by atoms with van der Waals surface area (Å²) < 4.78 is 37.2. The Kier molecular flexibility index (Phi) is 4.43. The summed E-state index contributed by atoms with van der Waals surface area (Å²) in [4.78, 5) is 0. The van der Waals surface area contributed by atoms with Crippen LogP contribution < -0.4 is 5.32 Å². The zero-order chi connectivity index (χ0) is 14.0. The fourth-order valence-electron chi connectivity index (χ4n) is 1.54. The molecule has 1 rings (SSSR count). The van der Waals surface area contributed by atoms with Gasteiger partial charge in [0.1, 0.15) is 0 Å². The molecule has 0 radical (unpaired) electrons. The molecular weight excluding hydrogens is 239 g/mol. The van der Waals surface area contributed by atoms with Gasteiger partial charge in [-0.3, -0.25) is 0 Å². The molecule has 0 bridgehead atoms. The monoisotopic (exact) mass is 259 g/mol. The van der Waals surface area contributed by atoms with Gasteiger partial charge in [0.2, 0.25) is 0 Å². The molecule has 4 heteroatoms. The van der Waals surface area contributed by atoms with Crippen LogP contribution in [0.5, 0.6) is 0 Å². The van der Waals surface area contributed by atoms with E-state index in [0.29, 0.717) is 0 Å². The molecule has 1 aromatic rings. The van der Waals surface area contributed by atoms with Crippen LogP contribution in [-0.2, 0) is 6.18 Å². The Morgan fingerprint density at radius 2 is 1.56 bits per heavy atom. The zero-order valence-electron chi connectivity index (χ0n) is 11.2. The van der Waals surface area contributed by atoms with E-state index in [-0.39, 0.29) is 11.5 Å². The topological polar surface area (TPSA) is 12.0 Å². The van der Waals surface area contributed by atoms with Crippen molar-refractivity contribution in [1.82, 2.24) is 5.32 Å². The number of benzene rings is 1. The van der Waals surface area contributed by atoms with Crippen LogP contribution in [0.15, 0.2) is 24.3 Å². The van der Waals surface area contributed by atoms with Gasteiger partial charge in [-0.2, -0.15) is 13.2 Å². The Morgan fingerprint density at radius 3 is 1.94 bits per heavy atom. The minimum atomic E-state index is -4.26. The lowest BCUT2D eigenvalue weighted by atomic mass is 9.96. The van der Waals surface area contributed by atoms with E-state index < -0.39 is 11.7 Å². The van der Waals surface area contributed by atoms with Crippen LogP contribution >= 0.6 is 0 Å². The first-order valence-electron chi connectivity index (χ1n) is 6.00.